The van der Waals surface area contributed by atoms with Crippen LogP contribution in [0.1, 0.15) is 24.7 Å². The first-order chi connectivity index (χ1) is 12.8. The van der Waals surface area contributed by atoms with E-state index in [1.165, 1.54) is 0 Å². The van der Waals surface area contributed by atoms with Gasteiger partial charge in [0, 0.05) is 12.1 Å². The number of rotatable bonds is 3. The van der Waals surface area contributed by atoms with Crippen LogP contribution in [0.15, 0.2) is 60.7 Å². The molecule has 3 aromatic rings. The minimum absolute atomic E-state index is 0.268. The Morgan fingerprint density at radius 1 is 0.923 bits per heavy atom. The van der Waals surface area contributed by atoms with Gasteiger partial charge in [-0.05, 0) is 25.0 Å². The van der Waals surface area contributed by atoms with E-state index in [1.807, 2.05) is 48.5 Å². The molecular formula is C19H17N5O2. The van der Waals surface area contributed by atoms with Crippen molar-refractivity contribution in [3.05, 3.63) is 66.5 Å². The van der Waals surface area contributed by atoms with Crippen molar-refractivity contribution in [2.75, 3.05) is 6.54 Å². The van der Waals surface area contributed by atoms with E-state index in [0.717, 1.165) is 18.4 Å². The lowest BCUT2D eigenvalue weighted by Gasteiger charge is -2.22. The maximum atomic E-state index is 12.5. The average Bonchev–Trinajstić information content (AvgIpc) is 3.20. The summed E-state index contributed by atoms with van der Waals surface area (Å²) in [5.74, 6) is 1.41. The number of nitrogens with zero attached hydrogens (tertiary/aromatic N) is 5. The third kappa shape index (κ3) is 3.37. The molecule has 1 saturated heterocycles. The van der Waals surface area contributed by atoms with Crippen LogP contribution in [0.2, 0.25) is 0 Å². The van der Waals surface area contributed by atoms with Gasteiger partial charge >= 0.3 is 6.09 Å². The molecule has 0 N–H and O–H groups in total. The minimum atomic E-state index is -0.408. The van der Waals surface area contributed by atoms with Gasteiger partial charge in [0.1, 0.15) is 5.75 Å². The van der Waals surface area contributed by atoms with E-state index in [9.17, 15) is 4.79 Å². The molecule has 1 atom stereocenters. The third-order valence-electron chi connectivity index (χ3n) is 4.26. The topological polar surface area (TPSA) is 81.1 Å². The lowest BCUT2D eigenvalue weighted by Crippen LogP contribution is -2.34. The second-order valence-electron chi connectivity index (χ2n) is 5.98. The predicted molar refractivity (Wildman–Crippen MR) is 94.2 cm³/mol. The summed E-state index contributed by atoms with van der Waals surface area (Å²) in [7, 11) is 0. The number of carbonyl (C=O) groups is 1. The third-order valence-corrected chi connectivity index (χ3v) is 4.26. The minimum Gasteiger partial charge on any atom is -0.410 e. The van der Waals surface area contributed by atoms with Crippen LogP contribution in [0.5, 0.6) is 5.75 Å². The number of likely N-dealkylation sites (tertiary alicyclic amines) is 1. The fraction of sp³-hybridized carbons (Fsp3) is 0.211. The number of para-hydroxylation sites is 1. The highest BCUT2D eigenvalue weighted by atomic mass is 16.6. The van der Waals surface area contributed by atoms with Crippen LogP contribution in [-0.2, 0) is 0 Å². The molecule has 0 saturated carbocycles. The van der Waals surface area contributed by atoms with E-state index in [0.29, 0.717) is 23.9 Å². The van der Waals surface area contributed by atoms with Crippen molar-refractivity contribution < 1.29 is 9.53 Å². The van der Waals surface area contributed by atoms with Crippen LogP contribution >= 0.6 is 0 Å². The maximum Gasteiger partial charge on any atom is 0.415 e. The van der Waals surface area contributed by atoms with Crippen molar-refractivity contribution >= 4 is 6.09 Å². The smallest absolute Gasteiger partial charge is 0.410 e. The number of hydrogen-bond donors (Lipinski definition) is 0. The van der Waals surface area contributed by atoms with E-state index >= 15 is 0 Å². The molecule has 1 amide bonds. The number of carbonyl (C=O) groups excluding carboxylic acids is 1. The monoisotopic (exact) mass is 347 g/mol. The Morgan fingerprint density at radius 2 is 1.58 bits per heavy atom. The standard InChI is InChI=1S/C19H17N5O2/c25-19(26-15-10-5-2-6-11-15)24-13-7-12-16(24)18-22-20-17(21-23-18)14-8-3-1-4-9-14/h1-6,8-11,16H,7,12-13H2. The van der Waals surface area contributed by atoms with Gasteiger partial charge in [-0.25, -0.2) is 4.79 Å². The molecule has 0 radical (unpaired) electrons. The Labute approximate surface area is 150 Å². The van der Waals surface area contributed by atoms with Crippen LogP contribution in [0, 0.1) is 0 Å². The first kappa shape index (κ1) is 16.1. The normalized spacial score (nSPS) is 16.5. The molecule has 1 unspecified atom stereocenters. The van der Waals surface area contributed by atoms with E-state index in [2.05, 4.69) is 20.4 Å². The molecule has 1 aliphatic rings. The molecule has 2 aromatic carbocycles. The number of amides is 1. The summed E-state index contributed by atoms with van der Waals surface area (Å²) in [4.78, 5) is 14.1. The van der Waals surface area contributed by atoms with Gasteiger partial charge in [-0.3, -0.25) is 4.90 Å². The summed E-state index contributed by atoms with van der Waals surface area (Å²) in [6.07, 6.45) is 1.21. The molecule has 2 heterocycles. The highest BCUT2D eigenvalue weighted by Gasteiger charge is 2.34. The lowest BCUT2D eigenvalue weighted by molar-refractivity contribution is 0.145. The number of ether oxygens (including phenoxy) is 1. The van der Waals surface area contributed by atoms with Gasteiger partial charge in [-0.1, -0.05) is 48.5 Å². The van der Waals surface area contributed by atoms with Gasteiger partial charge in [0.25, 0.3) is 0 Å². The van der Waals surface area contributed by atoms with Gasteiger partial charge in [0.15, 0.2) is 5.82 Å². The maximum absolute atomic E-state index is 12.5. The van der Waals surface area contributed by atoms with E-state index in [-0.39, 0.29) is 6.04 Å². The predicted octanol–water partition coefficient (Wildman–Crippen LogP) is 3.27. The van der Waals surface area contributed by atoms with Crippen molar-refractivity contribution in [2.24, 2.45) is 0 Å². The summed E-state index contributed by atoms with van der Waals surface area (Å²) in [5.41, 5.74) is 0.853. The Bertz CT molecular complexity index is 871. The molecule has 7 nitrogen and oxygen atoms in total. The molecule has 0 aliphatic carbocycles. The highest BCUT2D eigenvalue weighted by Crippen LogP contribution is 2.30. The van der Waals surface area contributed by atoms with Crippen LogP contribution < -0.4 is 4.74 Å². The molecule has 1 aromatic heterocycles. The summed E-state index contributed by atoms with van der Waals surface area (Å²) in [5, 5.41) is 16.7. The average molecular weight is 347 g/mol. The largest absolute Gasteiger partial charge is 0.415 e. The molecule has 0 bridgehead atoms. The molecule has 26 heavy (non-hydrogen) atoms. The number of hydrogen-bond acceptors (Lipinski definition) is 6. The van der Waals surface area contributed by atoms with Crippen molar-refractivity contribution in [1.29, 1.82) is 0 Å². The molecule has 0 spiro atoms. The van der Waals surface area contributed by atoms with Crippen molar-refractivity contribution in [2.45, 2.75) is 18.9 Å². The SMILES string of the molecule is O=C(Oc1ccccc1)N1CCCC1c1nnc(-c2ccccc2)nn1. The summed E-state index contributed by atoms with van der Waals surface area (Å²) >= 11 is 0. The fourth-order valence-corrected chi connectivity index (χ4v) is 2.97. The van der Waals surface area contributed by atoms with Gasteiger partial charge < -0.3 is 4.74 Å². The van der Waals surface area contributed by atoms with Crippen LogP contribution in [0.25, 0.3) is 11.4 Å². The van der Waals surface area contributed by atoms with Crippen LogP contribution in [0.3, 0.4) is 0 Å². The molecule has 1 fully saturated rings. The van der Waals surface area contributed by atoms with E-state index in [1.54, 1.807) is 17.0 Å². The summed E-state index contributed by atoms with van der Waals surface area (Å²) < 4.78 is 5.43. The molecule has 7 heteroatoms. The Morgan fingerprint density at radius 3 is 2.27 bits per heavy atom. The lowest BCUT2D eigenvalue weighted by atomic mass is 10.2. The summed E-state index contributed by atoms with van der Waals surface area (Å²) in [6.45, 7) is 0.597. The van der Waals surface area contributed by atoms with E-state index < -0.39 is 6.09 Å². The Balaban J connectivity index is 1.50. The highest BCUT2D eigenvalue weighted by molar-refractivity contribution is 5.71. The molecule has 4 rings (SSSR count). The molecular weight excluding hydrogens is 330 g/mol. The zero-order valence-electron chi connectivity index (χ0n) is 14.0. The van der Waals surface area contributed by atoms with E-state index in [4.69, 9.17) is 4.74 Å². The number of aromatic nitrogens is 4. The number of benzene rings is 2. The summed E-state index contributed by atoms with van der Waals surface area (Å²) in [6, 6.07) is 18.3. The van der Waals surface area contributed by atoms with Gasteiger partial charge in [-0.2, -0.15) is 0 Å². The van der Waals surface area contributed by atoms with Gasteiger partial charge in [0.05, 0.1) is 6.04 Å². The first-order valence-electron chi connectivity index (χ1n) is 8.47. The van der Waals surface area contributed by atoms with Crippen molar-refractivity contribution in [3.8, 4) is 17.1 Å². The first-order valence-corrected chi connectivity index (χ1v) is 8.47. The fourth-order valence-electron chi connectivity index (χ4n) is 2.97. The second kappa shape index (κ2) is 7.26. The Hall–Kier alpha value is -3.35. The second-order valence-corrected chi connectivity index (χ2v) is 5.98. The quantitative estimate of drug-likeness (QED) is 0.723. The van der Waals surface area contributed by atoms with Crippen molar-refractivity contribution in [3.63, 3.8) is 0 Å². The zero-order valence-corrected chi connectivity index (χ0v) is 14.0. The molecule has 130 valence electrons. The molecule has 1 aliphatic heterocycles. The van der Waals surface area contributed by atoms with Crippen LogP contribution in [0.4, 0.5) is 4.79 Å². The zero-order chi connectivity index (χ0) is 17.8. The van der Waals surface area contributed by atoms with Gasteiger partial charge in [-0.15, -0.1) is 20.4 Å². The van der Waals surface area contributed by atoms with Crippen LogP contribution in [-0.4, -0.2) is 37.9 Å². The Kier molecular flexibility index (Phi) is 4.51. The van der Waals surface area contributed by atoms with Gasteiger partial charge in [0.2, 0.25) is 5.82 Å². The van der Waals surface area contributed by atoms with Crippen molar-refractivity contribution in [1.82, 2.24) is 25.3 Å².